The van der Waals surface area contributed by atoms with Crippen molar-refractivity contribution in [1.29, 1.82) is 0 Å². The van der Waals surface area contributed by atoms with E-state index in [4.69, 9.17) is 11.6 Å². The van der Waals surface area contributed by atoms with Crippen molar-refractivity contribution in [2.45, 2.75) is 39.6 Å². The van der Waals surface area contributed by atoms with Crippen molar-refractivity contribution in [3.8, 4) is 0 Å². The van der Waals surface area contributed by atoms with Crippen LogP contribution >= 0.6 is 11.6 Å². The van der Waals surface area contributed by atoms with Crippen LogP contribution in [-0.4, -0.2) is 14.8 Å². The molecule has 0 aliphatic heterocycles. The van der Waals surface area contributed by atoms with Crippen molar-refractivity contribution in [3.05, 3.63) is 11.6 Å². The Labute approximate surface area is 84.1 Å². The molecular formula is C9H16ClN3. The van der Waals surface area contributed by atoms with Gasteiger partial charge < -0.3 is 4.57 Å². The predicted octanol–water partition coefficient (Wildman–Crippen LogP) is 2.24. The molecule has 0 aliphatic carbocycles. The average molecular weight is 202 g/mol. The summed E-state index contributed by atoms with van der Waals surface area (Å²) in [5, 5.41) is 8.17. The Morgan fingerprint density at radius 1 is 1.31 bits per heavy atom. The highest BCUT2D eigenvalue weighted by Crippen LogP contribution is 2.09. The zero-order valence-electron chi connectivity index (χ0n) is 8.42. The lowest BCUT2D eigenvalue weighted by molar-refractivity contribution is 0.578. The molecule has 0 atom stereocenters. The van der Waals surface area contributed by atoms with Gasteiger partial charge in [0.2, 0.25) is 0 Å². The Morgan fingerprint density at radius 3 is 2.38 bits per heavy atom. The van der Waals surface area contributed by atoms with Crippen LogP contribution in [0.25, 0.3) is 0 Å². The molecule has 13 heavy (non-hydrogen) atoms. The minimum Gasteiger partial charge on any atom is -0.314 e. The van der Waals surface area contributed by atoms with E-state index in [0.29, 0.717) is 11.8 Å². The first-order valence-electron chi connectivity index (χ1n) is 4.66. The third-order valence-corrected chi connectivity index (χ3v) is 2.17. The second kappa shape index (κ2) is 4.61. The van der Waals surface area contributed by atoms with Crippen molar-refractivity contribution in [2.75, 3.05) is 0 Å². The molecule has 1 rings (SSSR count). The molecule has 0 aromatic carbocycles. The summed E-state index contributed by atoms with van der Waals surface area (Å²) in [5.74, 6) is 2.98. The molecule has 0 bridgehead atoms. The molecule has 1 heterocycles. The Kier molecular flexibility index (Phi) is 3.72. The number of rotatable bonds is 4. The molecule has 0 saturated heterocycles. The highest BCUT2D eigenvalue weighted by atomic mass is 35.5. The van der Waals surface area contributed by atoms with Crippen LogP contribution in [0.3, 0.4) is 0 Å². The van der Waals surface area contributed by atoms with E-state index in [9.17, 15) is 0 Å². The Bertz CT molecular complexity index is 268. The fraction of sp³-hybridized carbons (Fsp3) is 0.778. The minimum atomic E-state index is 0.443. The van der Waals surface area contributed by atoms with Gasteiger partial charge in [-0.1, -0.05) is 13.8 Å². The summed E-state index contributed by atoms with van der Waals surface area (Å²) in [6.07, 6.45) is 0.970. The summed E-state index contributed by atoms with van der Waals surface area (Å²) < 4.78 is 2.09. The minimum absolute atomic E-state index is 0.443. The van der Waals surface area contributed by atoms with E-state index in [-0.39, 0.29) is 0 Å². The SMILES string of the molecule is CCn1c(CCl)nnc1CC(C)C. The molecule has 4 heteroatoms. The maximum absolute atomic E-state index is 5.74. The molecule has 0 N–H and O–H groups in total. The Morgan fingerprint density at radius 2 is 1.92 bits per heavy atom. The number of nitrogens with zero attached hydrogens (tertiary/aromatic N) is 3. The maximum atomic E-state index is 5.74. The van der Waals surface area contributed by atoms with Gasteiger partial charge in [-0.3, -0.25) is 0 Å². The van der Waals surface area contributed by atoms with Gasteiger partial charge in [0.15, 0.2) is 0 Å². The fourth-order valence-electron chi connectivity index (χ4n) is 1.35. The molecule has 74 valence electrons. The summed E-state index contributed by atoms with van der Waals surface area (Å²) in [6, 6.07) is 0. The van der Waals surface area contributed by atoms with Crippen LogP contribution in [0.15, 0.2) is 0 Å². The van der Waals surface area contributed by atoms with Gasteiger partial charge in [-0.25, -0.2) is 0 Å². The normalized spacial score (nSPS) is 11.2. The average Bonchev–Trinajstić information content (AvgIpc) is 2.45. The van der Waals surface area contributed by atoms with Crippen molar-refractivity contribution >= 4 is 11.6 Å². The summed E-state index contributed by atoms with van der Waals surface area (Å²) in [7, 11) is 0. The highest BCUT2D eigenvalue weighted by molar-refractivity contribution is 6.16. The lowest BCUT2D eigenvalue weighted by atomic mass is 10.1. The molecule has 1 aromatic rings. The fourth-order valence-corrected chi connectivity index (χ4v) is 1.55. The Hall–Kier alpha value is -0.570. The zero-order chi connectivity index (χ0) is 9.84. The van der Waals surface area contributed by atoms with E-state index < -0.39 is 0 Å². The number of hydrogen-bond donors (Lipinski definition) is 0. The van der Waals surface area contributed by atoms with Crippen molar-refractivity contribution in [1.82, 2.24) is 14.8 Å². The van der Waals surface area contributed by atoms with Crippen molar-refractivity contribution < 1.29 is 0 Å². The van der Waals surface area contributed by atoms with E-state index in [0.717, 1.165) is 24.6 Å². The first-order chi connectivity index (χ1) is 6.19. The molecule has 0 saturated carbocycles. The lowest BCUT2D eigenvalue weighted by Gasteiger charge is -2.07. The predicted molar refractivity (Wildman–Crippen MR) is 53.8 cm³/mol. The van der Waals surface area contributed by atoms with E-state index in [1.54, 1.807) is 0 Å². The van der Waals surface area contributed by atoms with Gasteiger partial charge in [-0.15, -0.1) is 21.8 Å². The van der Waals surface area contributed by atoms with Gasteiger partial charge in [-0.05, 0) is 12.8 Å². The molecular weight excluding hydrogens is 186 g/mol. The van der Waals surface area contributed by atoms with Crippen LogP contribution in [0.4, 0.5) is 0 Å². The number of halogens is 1. The molecule has 1 aromatic heterocycles. The molecule has 0 unspecified atom stereocenters. The monoisotopic (exact) mass is 201 g/mol. The van der Waals surface area contributed by atoms with E-state index >= 15 is 0 Å². The first-order valence-corrected chi connectivity index (χ1v) is 5.19. The van der Waals surface area contributed by atoms with Crippen molar-refractivity contribution in [2.24, 2.45) is 5.92 Å². The van der Waals surface area contributed by atoms with Crippen LogP contribution < -0.4 is 0 Å². The van der Waals surface area contributed by atoms with Gasteiger partial charge in [0.05, 0.1) is 5.88 Å². The summed E-state index contributed by atoms with van der Waals surface area (Å²) in [5.41, 5.74) is 0. The van der Waals surface area contributed by atoms with Gasteiger partial charge in [0.1, 0.15) is 11.6 Å². The first kappa shape index (κ1) is 10.5. The molecule has 0 fully saturated rings. The van der Waals surface area contributed by atoms with Gasteiger partial charge >= 0.3 is 0 Å². The maximum Gasteiger partial charge on any atom is 0.147 e. The zero-order valence-corrected chi connectivity index (χ0v) is 9.17. The smallest absolute Gasteiger partial charge is 0.147 e. The second-order valence-corrected chi connectivity index (χ2v) is 3.78. The van der Waals surface area contributed by atoms with E-state index in [1.807, 2.05) is 0 Å². The van der Waals surface area contributed by atoms with Crippen molar-refractivity contribution in [3.63, 3.8) is 0 Å². The Balaban J connectivity index is 2.87. The summed E-state index contributed by atoms with van der Waals surface area (Å²) in [6.45, 7) is 7.34. The molecule has 3 nitrogen and oxygen atoms in total. The molecule has 0 radical (unpaired) electrons. The lowest BCUT2D eigenvalue weighted by Crippen LogP contribution is -2.07. The van der Waals surface area contributed by atoms with Crippen LogP contribution in [-0.2, 0) is 18.8 Å². The van der Waals surface area contributed by atoms with E-state index in [1.165, 1.54) is 0 Å². The van der Waals surface area contributed by atoms with Crippen LogP contribution in [0.5, 0.6) is 0 Å². The summed E-state index contributed by atoms with van der Waals surface area (Å²) >= 11 is 5.74. The largest absolute Gasteiger partial charge is 0.314 e. The number of aromatic nitrogens is 3. The van der Waals surface area contributed by atoms with Crippen LogP contribution in [0, 0.1) is 5.92 Å². The van der Waals surface area contributed by atoms with Crippen LogP contribution in [0.2, 0.25) is 0 Å². The number of alkyl halides is 1. The molecule has 0 aliphatic rings. The standard InChI is InChI=1S/C9H16ClN3/c1-4-13-8(5-7(2)3)11-12-9(13)6-10/h7H,4-6H2,1-3H3. The second-order valence-electron chi connectivity index (χ2n) is 3.51. The number of hydrogen-bond acceptors (Lipinski definition) is 2. The molecule has 0 amide bonds. The van der Waals surface area contributed by atoms with Gasteiger partial charge in [0.25, 0.3) is 0 Å². The topological polar surface area (TPSA) is 30.7 Å². The third kappa shape index (κ3) is 2.44. The van der Waals surface area contributed by atoms with Gasteiger partial charge in [-0.2, -0.15) is 0 Å². The van der Waals surface area contributed by atoms with Crippen LogP contribution in [0.1, 0.15) is 32.4 Å². The summed E-state index contributed by atoms with van der Waals surface area (Å²) in [4.78, 5) is 0. The van der Waals surface area contributed by atoms with Gasteiger partial charge in [0, 0.05) is 13.0 Å². The van der Waals surface area contributed by atoms with E-state index in [2.05, 4.69) is 35.5 Å². The highest BCUT2D eigenvalue weighted by Gasteiger charge is 2.10. The third-order valence-electron chi connectivity index (χ3n) is 1.93. The quantitative estimate of drug-likeness (QED) is 0.700. The molecule has 0 spiro atoms.